The van der Waals surface area contributed by atoms with E-state index in [4.69, 9.17) is 4.98 Å². The highest BCUT2D eigenvalue weighted by molar-refractivity contribution is 7.96. The molecule has 0 aliphatic rings. The van der Waals surface area contributed by atoms with Gasteiger partial charge in [0.05, 0.1) is 16.4 Å². The number of thiol groups is 1. The van der Waals surface area contributed by atoms with Gasteiger partial charge in [0.2, 0.25) is 0 Å². The maximum Gasteiger partial charge on any atom is 0.310 e. The van der Waals surface area contributed by atoms with Crippen LogP contribution in [-0.2, 0) is 9.59 Å². The number of aromatic amines is 1. The minimum Gasteiger partial charge on any atom is -0.481 e. The summed E-state index contributed by atoms with van der Waals surface area (Å²) in [4.78, 5) is 34.1. The molecule has 1 atom stereocenters. The Morgan fingerprint density at radius 3 is 1.85 bits per heavy atom. The van der Waals surface area contributed by atoms with Crippen molar-refractivity contribution in [3.05, 3.63) is 28.1 Å². The van der Waals surface area contributed by atoms with Gasteiger partial charge in [-0.3, -0.25) is 9.59 Å². The minimum absolute atomic E-state index is 0.425. The summed E-state index contributed by atoms with van der Waals surface area (Å²) < 4.78 is 0. The van der Waals surface area contributed by atoms with Crippen LogP contribution < -0.4 is 0 Å². The number of carboxylic acids is 1. The Kier molecular flexibility index (Phi) is 10.0. The zero-order valence-electron chi connectivity index (χ0n) is 21.3. The molecule has 2 aromatic rings. The van der Waals surface area contributed by atoms with Crippen molar-refractivity contribution in [3.63, 3.8) is 0 Å². The Bertz CT molecular complexity index is 923. The minimum atomic E-state index is -1.21. The first kappa shape index (κ1) is 27.4. The molecule has 0 bridgehead atoms. The van der Waals surface area contributed by atoms with Gasteiger partial charge in [-0.05, 0) is 62.8 Å². The van der Waals surface area contributed by atoms with Crippen LogP contribution in [0.25, 0.3) is 11.0 Å². The van der Waals surface area contributed by atoms with Crippen LogP contribution in [0.5, 0.6) is 0 Å². The summed E-state index contributed by atoms with van der Waals surface area (Å²) in [6.45, 7) is 12.5. The van der Waals surface area contributed by atoms with Gasteiger partial charge < -0.3 is 10.1 Å². The molecule has 0 saturated carbocycles. The highest BCUT2D eigenvalue weighted by Crippen LogP contribution is 2.46. The predicted molar refractivity (Wildman–Crippen MR) is 139 cm³/mol. The van der Waals surface area contributed by atoms with E-state index in [-0.39, 0.29) is 0 Å². The van der Waals surface area contributed by atoms with Crippen molar-refractivity contribution in [2.75, 3.05) is 0 Å². The summed E-state index contributed by atoms with van der Waals surface area (Å²) >= 11 is 4.23. The molecule has 6 heteroatoms. The molecule has 33 heavy (non-hydrogen) atoms. The fourth-order valence-corrected chi connectivity index (χ4v) is 5.47. The normalized spacial score (nSPS) is 12.9. The molecule has 0 spiro atoms. The van der Waals surface area contributed by atoms with E-state index in [1.807, 2.05) is 13.8 Å². The van der Waals surface area contributed by atoms with Gasteiger partial charge in [-0.2, -0.15) is 0 Å². The molecular weight excluding hydrogens is 432 g/mol. The van der Waals surface area contributed by atoms with Crippen molar-refractivity contribution >= 4 is 34.7 Å². The molecule has 184 valence electrons. The summed E-state index contributed by atoms with van der Waals surface area (Å²) in [6, 6.07) is 0. The average molecular weight is 475 g/mol. The van der Waals surface area contributed by atoms with Crippen molar-refractivity contribution in [2.45, 2.75) is 112 Å². The maximum absolute atomic E-state index is 13.0. The van der Waals surface area contributed by atoms with E-state index in [2.05, 4.69) is 45.3 Å². The first-order chi connectivity index (χ1) is 15.6. The highest BCUT2D eigenvalue weighted by Gasteiger charge is 2.50. The lowest BCUT2D eigenvalue weighted by Gasteiger charge is -2.35. The van der Waals surface area contributed by atoms with Crippen molar-refractivity contribution in [2.24, 2.45) is 5.41 Å². The van der Waals surface area contributed by atoms with E-state index in [0.29, 0.717) is 18.7 Å². The van der Waals surface area contributed by atoms with E-state index in [1.54, 1.807) is 0 Å². The fraction of sp³-hybridized carbons (Fsp3) is 0.667. The number of rotatable bonds is 14. The second-order valence-electron chi connectivity index (χ2n) is 9.70. The number of imidazole rings is 1. The smallest absolute Gasteiger partial charge is 0.310 e. The Morgan fingerprint density at radius 1 is 0.879 bits per heavy atom. The fourth-order valence-electron chi connectivity index (χ4n) is 5.10. The van der Waals surface area contributed by atoms with E-state index >= 15 is 0 Å². The molecule has 0 aliphatic carbocycles. The van der Waals surface area contributed by atoms with Crippen LogP contribution in [0.4, 0.5) is 0 Å². The number of hydrogen-bond acceptors (Lipinski definition) is 3. The molecule has 0 saturated heterocycles. The number of carboxylic acid groups (broad SMARTS) is 1. The molecule has 1 aromatic heterocycles. The first-order valence-corrected chi connectivity index (χ1v) is 13.0. The molecule has 1 heterocycles. The number of hydrogen-bond donors (Lipinski definition) is 3. The molecule has 2 rings (SSSR count). The van der Waals surface area contributed by atoms with E-state index in [9.17, 15) is 14.7 Å². The number of benzene rings is 1. The monoisotopic (exact) mass is 474 g/mol. The Hall–Kier alpha value is -1.82. The summed E-state index contributed by atoms with van der Waals surface area (Å²) in [5, 5.41) is 10.1. The number of nitrogens with one attached hydrogen (secondary N) is 1. The lowest BCUT2D eigenvalue weighted by Crippen LogP contribution is -2.41. The quantitative estimate of drug-likeness (QED) is 0.197. The summed E-state index contributed by atoms with van der Waals surface area (Å²) in [5.74, 6) is -1.38. The third-order valence-electron chi connectivity index (χ3n) is 7.59. The highest BCUT2D eigenvalue weighted by atomic mass is 32.1. The molecule has 5 nitrogen and oxygen atoms in total. The molecule has 0 radical (unpaired) electrons. The van der Waals surface area contributed by atoms with Gasteiger partial charge in [-0.1, -0.05) is 65.2 Å². The third kappa shape index (κ3) is 5.82. The molecule has 2 N–H and O–H groups in total. The molecule has 1 aromatic carbocycles. The van der Waals surface area contributed by atoms with Crippen molar-refractivity contribution < 1.29 is 14.7 Å². The van der Waals surface area contributed by atoms with Gasteiger partial charge >= 0.3 is 5.97 Å². The van der Waals surface area contributed by atoms with Gasteiger partial charge in [0, 0.05) is 0 Å². The van der Waals surface area contributed by atoms with Crippen molar-refractivity contribution in [1.82, 2.24) is 9.97 Å². The summed E-state index contributed by atoms with van der Waals surface area (Å²) in [5.41, 5.74) is 5.02. The number of aryl methyl sites for hydroxylation is 2. The number of aromatic nitrogens is 2. The zero-order valence-corrected chi connectivity index (χ0v) is 22.2. The number of H-pyrrole nitrogens is 1. The third-order valence-corrected chi connectivity index (χ3v) is 7.85. The van der Waals surface area contributed by atoms with Crippen LogP contribution in [0.15, 0.2) is 0 Å². The van der Waals surface area contributed by atoms with E-state index in [0.717, 1.165) is 73.5 Å². The topological polar surface area (TPSA) is 83.0 Å². The largest absolute Gasteiger partial charge is 0.481 e. The Morgan fingerprint density at radius 2 is 1.39 bits per heavy atom. The SMILES string of the molecule is CCCCCCC(CCCCCC)(C(=O)O)C(C(=O)S)c1nc2c(C)c(C)c(C)c(C)c2[nH]1. The van der Waals surface area contributed by atoms with Crippen molar-refractivity contribution in [1.29, 1.82) is 0 Å². The molecule has 0 fully saturated rings. The van der Waals surface area contributed by atoms with Crippen LogP contribution in [0.1, 0.15) is 112 Å². The van der Waals surface area contributed by atoms with Gasteiger partial charge in [0.15, 0.2) is 5.12 Å². The Labute approximate surface area is 204 Å². The first-order valence-electron chi connectivity index (χ1n) is 12.5. The van der Waals surface area contributed by atoms with Crippen LogP contribution in [0, 0.1) is 33.1 Å². The van der Waals surface area contributed by atoms with E-state index < -0.39 is 22.4 Å². The van der Waals surface area contributed by atoms with Crippen molar-refractivity contribution in [3.8, 4) is 0 Å². The molecule has 0 aliphatic heterocycles. The second kappa shape index (κ2) is 12.0. The van der Waals surface area contributed by atoms with Crippen LogP contribution in [0.3, 0.4) is 0 Å². The molecule has 0 amide bonds. The van der Waals surface area contributed by atoms with Gasteiger partial charge in [0.1, 0.15) is 11.7 Å². The number of nitrogens with zero attached hydrogens (tertiary/aromatic N) is 1. The number of aliphatic carboxylic acids is 1. The molecular formula is C27H42N2O3S. The summed E-state index contributed by atoms with van der Waals surface area (Å²) in [6.07, 6.45) is 8.67. The lowest BCUT2D eigenvalue weighted by molar-refractivity contribution is -0.153. The van der Waals surface area contributed by atoms with Crippen LogP contribution in [-0.4, -0.2) is 26.2 Å². The standard InChI is InChI=1S/C27H42N2O3S/c1-7-9-11-13-15-27(26(31)32,16-14-12-10-8-2)21(25(30)33)24-28-22-19(5)17(3)18(4)20(6)23(22)29-24/h21H,7-16H2,1-6H3,(H,28,29)(H,30,33)(H,31,32). The van der Waals surface area contributed by atoms with Gasteiger partial charge in [-0.25, -0.2) is 4.98 Å². The number of fused-ring (bicyclic) bond motifs is 1. The molecule has 1 unspecified atom stereocenters. The maximum atomic E-state index is 13.0. The predicted octanol–water partition coefficient (Wildman–Crippen LogP) is 7.35. The van der Waals surface area contributed by atoms with Crippen LogP contribution >= 0.6 is 12.6 Å². The number of unbranched alkanes of at least 4 members (excludes halogenated alkanes) is 6. The van der Waals surface area contributed by atoms with Gasteiger partial charge in [0.25, 0.3) is 0 Å². The second-order valence-corrected chi connectivity index (χ2v) is 10.1. The average Bonchev–Trinajstić information content (AvgIpc) is 3.20. The van der Waals surface area contributed by atoms with E-state index in [1.165, 1.54) is 11.1 Å². The lowest BCUT2D eigenvalue weighted by atomic mass is 9.68. The summed E-state index contributed by atoms with van der Waals surface area (Å²) in [7, 11) is 0. The number of carbonyl (C=O) groups excluding carboxylic acids is 1. The zero-order chi connectivity index (χ0) is 24.8. The van der Waals surface area contributed by atoms with Gasteiger partial charge in [-0.15, -0.1) is 12.6 Å². The Balaban J connectivity index is 2.62. The van der Waals surface area contributed by atoms with Crippen LogP contribution in [0.2, 0.25) is 0 Å². The number of carbonyl (C=O) groups is 2.